The summed E-state index contributed by atoms with van der Waals surface area (Å²) in [6.45, 7) is 13.9. The molecule has 1 unspecified atom stereocenters. The van der Waals surface area contributed by atoms with Gasteiger partial charge in [-0.05, 0) is 31.4 Å². The van der Waals surface area contributed by atoms with Gasteiger partial charge < -0.3 is 19.9 Å². The van der Waals surface area contributed by atoms with Gasteiger partial charge in [0, 0.05) is 51.2 Å². The first kappa shape index (κ1) is 19.8. The van der Waals surface area contributed by atoms with Gasteiger partial charge in [-0.25, -0.2) is 0 Å². The Balaban J connectivity index is 1.87. The minimum absolute atomic E-state index is 0.490. The number of aromatic nitrogens is 1. The van der Waals surface area contributed by atoms with E-state index >= 15 is 0 Å². The molecular formula is C19H35N5O. The smallest absolute Gasteiger partial charge is 0.191 e. The summed E-state index contributed by atoms with van der Waals surface area (Å²) < 4.78 is 7.68. The van der Waals surface area contributed by atoms with E-state index in [9.17, 15) is 0 Å². The van der Waals surface area contributed by atoms with Crippen molar-refractivity contribution in [2.24, 2.45) is 10.9 Å². The molecule has 0 amide bonds. The van der Waals surface area contributed by atoms with Crippen LogP contribution in [0.1, 0.15) is 27.2 Å². The zero-order valence-electron chi connectivity index (χ0n) is 16.1. The first-order chi connectivity index (χ1) is 12.2. The fourth-order valence-electron chi connectivity index (χ4n) is 3.19. The molecule has 1 atom stereocenters. The molecule has 142 valence electrons. The van der Waals surface area contributed by atoms with Gasteiger partial charge in [-0.15, -0.1) is 0 Å². The molecule has 25 heavy (non-hydrogen) atoms. The van der Waals surface area contributed by atoms with Crippen LogP contribution < -0.4 is 10.6 Å². The molecule has 2 N–H and O–H groups in total. The highest BCUT2D eigenvalue weighted by atomic mass is 16.5. The van der Waals surface area contributed by atoms with Crippen LogP contribution >= 0.6 is 0 Å². The summed E-state index contributed by atoms with van der Waals surface area (Å²) in [6.07, 6.45) is 5.35. The minimum atomic E-state index is 0.490. The predicted octanol–water partition coefficient (Wildman–Crippen LogP) is 1.79. The molecule has 1 aromatic rings. The Morgan fingerprint density at radius 1 is 1.16 bits per heavy atom. The third-order valence-electron chi connectivity index (χ3n) is 4.44. The van der Waals surface area contributed by atoms with Gasteiger partial charge in [-0.1, -0.05) is 13.8 Å². The van der Waals surface area contributed by atoms with Crippen molar-refractivity contribution in [1.29, 1.82) is 0 Å². The number of nitrogens with one attached hydrogen (secondary N) is 2. The molecule has 0 spiro atoms. The van der Waals surface area contributed by atoms with Crippen LogP contribution in [0.2, 0.25) is 0 Å². The molecule has 1 saturated heterocycles. The molecule has 6 nitrogen and oxygen atoms in total. The van der Waals surface area contributed by atoms with E-state index in [1.54, 1.807) is 0 Å². The quantitative estimate of drug-likeness (QED) is 0.527. The molecule has 1 aromatic heterocycles. The van der Waals surface area contributed by atoms with E-state index in [1.807, 2.05) is 0 Å². The van der Waals surface area contributed by atoms with Crippen LogP contribution in [0.5, 0.6) is 0 Å². The molecule has 0 radical (unpaired) electrons. The van der Waals surface area contributed by atoms with Crippen molar-refractivity contribution in [1.82, 2.24) is 20.1 Å². The van der Waals surface area contributed by atoms with Gasteiger partial charge in [-0.3, -0.25) is 9.89 Å². The number of morpholine rings is 1. The largest absolute Gasteiger partial charge is 0.379 e. The third kappa shape index (κ3) is 7.48. The number of nitrogens with zero attached hydrogens (tertiary/aromatic N) is 3. The topological polar surface area (TPSA) is 53.8 Å². The molecule has 0 aromatic carbocycles. The monoisotopic (exact) mass is 349 g/mol. The Hall–Kier alpha value is -1.53. The highest BCUT2D eigenvalue weighted by molar-refractivity contribution is 5.79. The molecule has 6 heteroatoms. The fourth-order valence-corrected chi connectivity index (χ4v) is 3.19. The van der Waals surface area contributed by atoms with Crippen LogP contribution in [-0.4, -0.2) is 67.4 Å². The van der Waals surface area contributed by atoms with Gasteiger partial charge in [0.1, 0.15) is 0 Å². The van der Waals surface area contributed by atoms with Gasteiger partial charge in [0.05, 0.1) is 19.8 Å². The lowest BCUT2D eigenvalue weighted by molar-refractivity contribution is 0.0143. The number of ether oxygens (including phenoxy) is 1. The summed E-state index contributed by atoms with van der Waals surface area (Å²) in [5.74, 6) is 1.59. The second kappa shape index (κ2) is 11.2. The summed E-state index contributed by atoms with van der Waals surface area (Å²) in [7, 11) is 0. The molecule has 1 fully saturated rings. The first-order valence-corrected chi connectivity index (χ1v) is 9.63. The van der Waals surface area contributed by atoms with Crippen molar-refractivity contribution < 1.29 is 4.74 Å². The average molecular weight is 350 g/mol. The van der Waals surface area contributed by atoms with Crippen molar-refractivity contribution in [3.63, 3.8) is 0 Å². The van der Waals surface area contributed by atoms with E-state index in [-0.39, 0.29) is 0 Å². The number of guanidine groups is 1. The average Bonchev–Trinajstić information content (AvgIpc) is 3.12. The number of hydrogen-bond donors (Lipinski definition) is 2. The molecule has 0 bridgehead atoms. The number of aliphatic imine (C=N–C) groups is 1. The van der Waals surface area contributed by atoms with Gasteiger partial charge in [-0.2, -0.15) is 0 Å². The molecular weight excluding hydrogens is 314 g/mol. The lowest BCUT2D eigenvalue weighted by Gasteiger charge is -2.34. The number of hydrogen-bond acceptors (Lipinski definition) is 3. The van der Waals surface area contributed by atoms with Crippen molar-refractivity contribution in [2.45, 2.75) is 39.8 Å². The molecule has 0 aliphatic carbocycles. The maximum Gasteiger partial charge on any atom is 0.191 e. The molecule has 0 saturated carbocycles. The van der Waals surface area contributed by atoms with E-state index in [4.69, 9.17) is 9.73 Å². The molecule has 2 heterocycles. The Labute approximate surface area is 152 Å². The van der Waals surface area contributed by atoms with Crippen LogP contribution in [0.4, 0.5) is 0 Å². The lowest BCUT2D eigenvalue weighted by Crippen LogP contribution is -2.46. The SMILES string of the molecule is CCNC(=NCC(CC(C)C)N1CCOCC1)NCCn1cccc1. The maximum absolute atomic E-state index is 5.50. The zero-order valence-corrected chi connectivity index (χ0v) is 16.1. The Bertz CT molecular complexity index is 480. The molecule has 2 rings (SSSR count). The van der Waals surface area contributed by atoms with Crippen molar-refractivity contribution in [3.05, 3.63) is 24.5 Å². The van der Waals surface area contributed by atoms with Crippen LogP contribution in [0.3, 0.4) is 0 Å². The van der Waals surface area contributed by atoms with Crippen LogP contribution in [-0.2, 0) is 11.3 Å². The second-order valence-electron chi connectivity index (χ2n) is 7.00. The number of rotatable bonds is 9. The van der Waals surface area contributed by atoms with Gasteiger partial charge in [0.25, 0.3) is 0 Å². The second-order valence-corrected chi connectivity index (χ2v) is 7.00. The van der Waals surface area contributed by atoms with Gasteiger partial charge in [0.15, 0.2) is 5.96 Å². The molecule has 1 aliphatic rings. The highest BCUT2D eigenvalue weighted by Gasteiger charge is 2.21. The van der Waals surface area contributed by atoms with E-state index in [2.05, 4.69) is 65.4 Å². The van der Waals surface area contributed by atoms with Gasteiger partial charge in [0.2, 0.25) is 0 Å². The van der Waals surface area contributed by atoms with Crippen molar-refractivity contribution in [3.8, 4) is 0 Å². The molecule has 1 aliphatic heterocycles. The summed E-state index contributed by atoms with van der Waals surface area (Å²) in [5.41, 5.74) is 0. The zero-order chi connectivity index (χ0) is 17.9. The van der Waals surface area contributed by atoms with E-state index in [1.165, 1.54) is 6.42 Å². The normalized spacial score (nSPS) is 17.7. The third-order valence-corrected chi connectivity index (χ3v) is 4.44. The van der Waals surface area contributed by atoms with E-state index in [0.717, 1.165) is 58.4 Å². The maximum atomic E-state index is 5.50. The predicted molar refractivity (Wildman–Crippen MR) is 104 cm³/mol. The summed E-state index contributed by atoms with van der Waals surface area (Å²) in [5, 5.41) is 6.81. The Morgan fingerprint density at radius 2 is 1.88 bits per heavy atom. The van der Waals surface area contributed by atoms with E-state index < -0.39 is 0 Å². The summed E-state index contributed by atoms with van der Waals surface area (Å²) in [4.78, 5) is 7.40. The van der Waals surface area contributed by atoms with Crippen molar-refractivity contribution >= 4 is 5.96 Å². The Morgan fingerprint density at radius 3 is 2.52 bits per heavy atom. The van der Waals surface area contributed by atoms with Crippen LogP contribution in [0, 0.1) is 5.92 Å². The lowest BCUT2D eigenvalue weighted by atomic mass is 10.0. The van der Waals surface area contributed by atoms with Crippen LogP contribution in [0.25, 0.3) is 0 Å². The van der Waals surface area contributed by atoms with Crippen LogP contribution in [0.15, 0.2) is 29.5 Å². The summed E-state index contributed by atoms with van der Waals surface area (Å²) in [6, 6.07) is 4.60. The van der Waals surface area contributed by atoms with Gasteiger partial charge >= 0.3 is 0 Å². The highest BCUT2D eigenvalue weighted by Crippen LogP contribution is 2.14. The minimum Gasteiger partial charge on any atom is -0.379 e. The summed E-state index contributed by atoms with van der Waals surface area (Å²) >= 11 is 0. The fraction of sp³-hybridized carbons (Fsp3) is 0.737. The van der Waals surface area contributed by atoms with E-state index in [0.29, 0.717) is 12.0 Å². The first-order valence-electron chi connectivity index (χ1n) is 9.63. The van der Waals surface area contributed by atoms with Crippen molar-refractivity contribution in [2.75, 3.05) is 45.9 Å². The Kier molecular flexibility index (Phi) is 8.83. The standard InChI is InChI=1S/C19H35N5O/c1-4-20-19(21-7-10-23-8-5-6-9-23)22-16-18(15-17(2)3)24-11-13-25-14-12-24/h5-6,8-9,17-18H,4,7,10-16H2,1-3H3,(H2,20,21,22).